The van der Waals surface area contributed by atoms with Crippen molar-refractivity contribution in [3.05, 3.63) is 21.3 Å². The Labute approximate surface area is 122 Å². The van der Waals surface area contributed by atoms with Crippen LogP contribution in [0.4, 0.5) is 0 Å². The highest BCUT2D eigenvalue weighted by atomic mass is 35.5. The summed E-state index contributed by atoms with van der Waals surface area (Å²) >= 11 is 7.19. The van der Waals surface area contributed by atoms with Crippen LogP contribution in [0.1, 0.15) is 16.1 Å². The van der Waals surface area contributed by atoms with Crippen LogP contribution >= 0.6 is 22.9 Å². The molecule has 1 fully saturated rings. The number of thiophene rings is 1. The van der Waals surface area contributed by atoms with Crippen LogP contribution in [0.15, 0.2) is 12.1 Å². The van der Waals surface area contributed by atoms with E-state index in [1.807, 2.05) is 0 Å². The number of halogens is 1. The number of rotatable bonds is 5. The molecule has 0 amide bonds. The van der Waals surface area contributed by atoms with Gasteiger partial charge in [0, 0.05) is 19.6 Å². The van der Waals surface area contributed by atoms with Crippen LogP contribution in [0, 0.1) is 0 Å². The molecule has 0 saturated carbocycles. The molecule has 19 heavy (non-hydrogen) atoms. The molecule has 6 heteroatoms. The third kappa shape index (κ3) is 4.54. The molecule has 2 rings (SSSR count). The fourth-order valence-corrected chi connectivity index (χ4v) is 3.27. The minimum atomic E-state index is 0.146. The summed E-state index contributed by atoms with van der Waals surface area (Å²) in [6.45, 7) is 5.12. The summed E-state index contributed by atoms with van der Waals surface area (Å²) in [5.41, 5.74) is 0. The van der Waals surface area contributed by atoms with Gasteiger partial charge in [0.2, 0.25) is 0 Å². The van der Waals surface area contributed by atoms with E-state index in [2.05, 4.69) is 9.80 Å². The molecular weight excluding hydrogens is 284 g/mol. The first-order valence-electron chi connectivity index (χ1n) is 6.53. The average molecular weight is 303 g/mol. The molecule has 0 spiro atoms. The zero-order valence-electron chi connectivity index (χ0n) is 10.8. The van der Waals surface area contributed by atoms with E-state index in [0.29, 0.717) is 10.9 Å². The molecule has 1 aliphatic rings. The molecule has 2 heterocycles. The summed E-state index contributed by atoms with van der Waals surface area (Å²) in [6, 6.07) is 3.57. The molecule has 0 radical (unpaired) electrons. The highest BCUT2D eigenvalue weighted by Crippen LogP contribution is 2.22. The SMILES string of the molecule is O=C(CN1CCCN(CCO)CC1)c1ccc(Cl)s1. The first-order valence-corrected chi connectivity index (χ1v) is 7.72. The van der Waals surface area contributed by atoms with Crippen LogP contribution in [-0.4, -0.2) is 66.6 Å². The van der Waals surface area contributed by atoms with E-state index >= 15 is 0 Å². The molecule has 1 aliphatic heterocycles. The van der Waals surface area contributed by atoms with Gasteiger partial charge in [-0.1, -0.05) is 11.6 Å². The number of hydrogen-bond donors (Lipinski definition) is 1. The predicted molar refractivity (Wildman–Crippen MR) is 78.2 cm³/mol. The topological polar surface area (TPSA) is 43.8 Å². The number of hydrogen-bond acceptors (Lipinski definition) is 5. The van der Waals surface area contributed by atoms with Crippen molar-refractivity contribution in [1.29, 1.82) is 0 Å². The summed E-state index contributed by atoms with van der Waals surface area (Å²) in [5.74, 6) is 0.146. The average Bonchev–Trinajstić information content (AvgIpc) is 2.70. The van der Waals surface area contributed by atoms with Gasteiger partial charge >= 0.3 is 0 Å². The number of aliphatic hydroxyl groups is 1. The monoisotopic (exact) mass is 302 g/mol. The second-order valence-electron chi connectivity index (χ2n) is 4.72. The fraction of sp³-hybridized carbons (Fsp3) is 0.615. The van der Waals surface area contributed by atoms with Crippen molar-refractivity contribution in [1.82, 2.24) is 9.80 Å². The number of carbonyl (C=O) groups is 1. The van der Waals surface area contributed by atoms with Crippen molar-refractivity contribution in [2.75, 3.05) is 45.9 Å². The molecule has 106 valence electrons. The molecule has 1 aromatic heterocycles. The van der Waals surface area contributed by atoms with Crippen molar-refractivity contribution < 1.29 is 9.90 Å². The van der Waals surface area contributed by atoms with Gasteiger partial charge in [0.1, 0.15) is 0 Å². The van der Waals surface area contributed by atoms with E-state index in [1.165, 1.54) is 11.3 Å². The van der Waals surface area contributed by atoms with Crippen molar-refractivity contribution in [3.8, 4) is 0 Å². The Bertz CT molecular complexity index is 425. The Morgan fingerprint density at radius 1 is 1.26 bits per heavy atom. The number of ketones is 1. The summed E-state index contributed by atoms with van der Waals surface area (Å²) < 4.78 is 0.660. The summed E-state index contributed by atoms with van der Waals surface area (Å²) in [5, 5.41) is 8.95. The van der Waals surface area contributed by atoms with Gasteiger partial charge in [-0.15, -0.1) is 11.3 Å². The highest BCUT2D eigenvalue weighted by molar-refractivity contribution is 7.18. The molecule has 1 N–H and O–H groups in total. The van der Waals surface area contributed by atoms with Crippen LogP contribution in [0.2, 0.25) is 4.34 Å². The Kier molecular flexibility index (Phi) is 5.78. The molecule has 0 bridgehead atoms. The number of carbonyl (C=O) groups excluding carboxylic acids is 1. The van der Waals surface area contributed by atoms with Gasteiger partial charge in [-0.05, 0) is 31.6 Å². The Balaban J connectivity index is 1.84. The largest absolute Gasteiger partial charge is 0.395 e. The van der Waals surface area contributed by atoms with Gasteiger partial charge < -0.3 is 5.11 Å². The van der Waals surface area contributed by atoms with Gasteiger partial charge in [0.25, 0.3) is 0 Å². The van der Waals surface area contributed by atoms with Gasteiger partial charge in [-0.2, -0.15) is 0 Å². The van der Waals surface area contributed by atoms with Crippen LogP contribution in [0.3, 0.4) is 0 Å². The molecule has 0 atom stereocenters. The number of Topliss-reactive ketones (excluding diaryl/α,β-unsaturated/α-hetero) is 1. The maximum atomic E-state index is 12.1. The van der Waals surface area contributed by atoms with E-state index in [4.69, 9.17) is 16.7 Å². The van der Waals surface area contributed by atoms with Crippen molar-refractivity contribution >= 4 is 28.7 Å². The molecule has 0 aromatic carbocycles. The van der Waals surface area contributed by atoms with Crippen molar-refractivity contribution in [2.24, 2.45) is 0 Å². The summed E-state index contributed by atoms with van der Waals surface area (Å²) in [7, 11) is 0. The van der Waals surface area contributed by atoms with E-state index in [1.54, 1.807) is 12.1 Å². The lowest BCUT2D eigenvalue weighted by atomic mass is 10.3. The fourth-order valence-electron chi connectivity index (χ4n) is 2.29. The maximum Gasteiger partial charge on any atom is 0.186 e. The van der Waals surface area contributed by atoms with Crippen LogP contribution in [0.5, 0.6) is 0 Å². The van der Waals surface area contributed by atoms with Crippen LogP contribution in [0.25, 0.3) is 0 Å². The lowest BCUT2D eigenvalue weighted by Gasteiger charge is -2.20. The maximum absolute atomic E-state index is 12.1. The van der Waals surface area contributed by atoms with Gasteiger partial charge in [-0.25, -0.2) is 0 Å². The molecule has 0 aliphatic carbocycles. The Hall–Kier alpha value is -0.460. The van der Waals surface area contributed by atoms with Crippen molar-refractivity contribution in [3.63, 3.8) is 0 Å². The van der Waals surface area contributed by atoms with Crippen LogP contribution < -0.4 is 0 Å². The third-order valence-corrected chi connectivity index (χ3v) is 4.58. The van der Waals surface area contributed by atoms with E-state index in [0.717, 1.165) is 44.0 Å². The first-order chi connectivity index (χ1) is 9.19. The minimum Gasteiger partial charge on any atom is -0.395 e. The quantitative estimate of drug-likeness (QED) is 0.839. The molecule has 0 unspecified atom stereocenters. The Morgan fingerprint density at radius 2 is 2.00 bits per heavy atom. The Morgan fingerprint density at radius 3 is 2.68 bits per heavy atom. The summed E-state index contributed by atoms with van der Waals surface area (Å²) in [6.07, 6.45) is 1.04. The van der Waals surface area contributed by atoms with Gasteiger partial charge in [0.15, 0.2) is 5.78 Å². The molecule has 4 nitrogen and oxygen atoms in total. The second-order valence-corrected chi connectivity index (χ2v) is 6.44. The zero-order valence-corrected chi connectivity index (χ0v) is 12.4. The number of β-amino-alcohol motifs (C(OH)–C–C–N with tert-alkyl or cyclic N) is 1. The van der Waals surface area contributed by atoms with E-state index in [9.17, 15) is 4.79 Å². The lowest BCUT2D eigenvalue weighted by Crippen LogP contribution is -2.34. The predicted octanol–water partition coefficient (Wildman–Crippen LogP) is 1.58. The minimum absolute atomic E-state index is 0.146. The summed E-state index contributed by atoms with van der Waals surface area (Å²) in [4.78, 5) is 17.3. The van der Waals surface area contributed by atoms with Crippen molar-refractivity contribution in [2.45, 2.75) is 6.42 Å². The number of nitrogens with zero attached hydrogens (tertiary/aromatic N) is 2. The van der Waals surface area contributed by atoms with Gasteiger partial charge in [0.05, 0.1) is 22.4 Å². The second kappa shape index (κ2) is 7.36. The molecular formula is C13H19ClN2O2S. The standard InChI is InChI=1S/C13H19ClN2O2S/c14-13-3-2-12(19-13)11(18)10-16-5-1-4-15(6-7-16)8-9-17/h2-3,17H,1,4-10H2. The third-order valence-electron chi connectivity index (χ3n) is 3.31. The van der Waals surface area contributed by atoms with E-state index in [-0.39, 0.29) is 12.4 Å². The normalized spacial score (nSPS) is 18.4. The first kappa shape index (κ1) is 14.9. The number of aliphatic hydroxyl groups excluding tert-OH is 1. The zero-order chi connectivity index (χ0) is 13.7. The van der Waals surface area contributed by atoms with E-state index < -0.39 is 0 Å². The molecule has 1 aromatic rings. The lowest BCUT2D eigenvalue weighted by molar-refractivity contribution is 0.0936. The van der Waals surface area contributed by atoms with Gasteiger partial charge in [-0.3, -0.25) is 14.6 Å². The smallest absolute Gasteiger partial charge is 0.186 e. The van der Waals surface area contributed by atoms with Crippen LogP contribution in [-0.2, 0) is 0 Å². The highest BCUT2D eigenvalue weighted by Gasteiger charge is 2.18. The molecule has 1 saturated heterocycles.